The van der Waals surface area contributed by atoms with Crippen molar-refractivity contribution < 1.29 is 80.2 Å². The van der Waals surface area contributed by atoms with Gasteiger partial charge < -0.3 is 33.8 Å². The summed E-state index contributed by atoms with van der Waals surface area (Å²) in [6, 6.07) is 0. The average molecular weight is 1210 g/mol. The number of ether oxygens (including phenoxy) is 4. The zero-order valence-electron chi connectivity index (χ0n) is 52.6. The number of aliphatic hydroxyl groups excluding tert-OH is 1. The van der Waals surface area contributed by atoms with Crippen molar-refractivity contribution in [3.63, 3.8) is 0 Å². The average Bonchev–Trinajstić information content (AvgIpc) is 3.45. The second-order valence-corrected chi connectivity index (χ2v) is 26.2. The standard InChI is InChI=1S/C63H122O17P2/c1-6-9-12-15-17-19-23-28-32-37-42-47-61(66)74-53-59(80-63(68)49-44-39-34-30-26-22-21-25-27-31-36-40-45-56(4)5)55-78-82(71,72)76-51-57(64)50-75-81(69,70)77-54-58(52-73-60(65)46-41-35-14-11-8-3)79-62(67)48-43-38-33-29-24-20-18-16-13-10-7-2/h56-59,64H,6-55H2,1-5H3,(H,69,70)(H,71,72)/t57-,58+,59+/m0/s1. The number of unbranched alkanes of at least 4 members (excludes halogenated alkanes) is 35. The Morgan fingerprint density at radius 3 is 0.829 bits per heavy atom. The topological polar surface area (TPSA) is 237 Å². The highest BCUT2D eigenvalue weighted by Gasteiger charge is 2.30. The number of phosphoric acid groups is 2. The molecule has 0 saturated carbocycles. The molecule has 0 aliphatic rings. The van der Waals surface area contributed by atoms with E-state index < -0.39 is 97.5 Å². The molecule has 82 heavy (non-hydrogen) atoms. The van der Waals surface area contributed by atoms with Gasteiger partial charge >= 0.3 is 39.5 Å². The van der Waals surface area contributed by atoms with Crippen LogP contribution in [0.3, 0.4) is 0 Å². The first-order valence-electron chi connectivity index (χ1n) is 33.1. The van der Waals surface area contributed by atoms with Crippen LogP contribution in [0.4, 0.5) is 0 Å². The van der Waals surface area contributed by atoms with Crippen molar-refractivity contribution in [1.29, 1.82) is 0 Å². The highest BCUT2D eigenvalue weighted by Crippen LogP contribution is 2.45. The highest BCUT2D eigenvalue weighted by molar-refractivity contribution is 7.47. The van der Waals surface area contributed by atoms with E-state index in [-0.39, 0.29) is 25.7 Å². The van der Waals surface area contributed by atoms with E-state index >= 15 is 0 Å². The van der Waals surface area contributed by atoms with Crippen LogP contribution in [0.15, 0.2) is 0 Å². The van der Waals surface area contributed by atoms with Gasteiger partial charge in [0.2, 0.25) is 0 Å². The molecule has 0 aliphatic carbocycles. The Kier molecular flexibility index (Phi) is 55.5. The molecule has 3 N–H and O–H groups in total. The molecular formula is C63H122O17P2. The summed E-state index contributed by atoms with van der Waals surface area (Å²) < 4.78 is 67.8. The van der Waals surface area contributed by atoms with Crippen LogP contribution in [0.1, 0.15) is 317 Å². The molecule has 17 nitrogen and oxygen atoms in total. The van der Waals surface area contributed by atoms with E-state index in [2.05, 4.69) is 34.6 Å². The highest BCUT2D eigenvalue weighted by atomic mass is 31.2. The smallest absolute Gasteiger partial charge is 0.462 e. The van der Waals surface area contributed by atoms with E-state index in [4.69, 9.17) is 37.0 Å². The summed E-state index contributed by atoms with van der Waals surface area (Å²) in [5, 5.41) is 10.5. The Morgan fingerprint density at radius 2 is 0.561 bits per heavy atom. The van der Waals surface area contributed by atoms with E-state index in [1.165, 1.54) is 135 Å². The molecule has 0 aromatic heterocycles. The maximum atomic E-state index is 13.0. The second-order valence-electron chi connectivity index (χ2n) is 23.3. The Labute approximate surface area is 498 Å². The first-order valence-corrected chi connectivity index (χ1v) is 36.1. The first-order chi connectivity index (χ1) is 39.5. The van der Waals surface area contributed by atoms with Crippen molar-refractivity contribution >= 4 is 39.5 Å². The summed E-state index contributed by atoms with van der Waals surface area (Å²) in [5.41, 5.74) is 0. The fourth-order valence-electron chi connectivity index (χ4n) is 9.41. The number of aliphatic hydroxyl groups is 1. The number of phosphoric ester groups is 2. The van der Waals surface area contributed by atoms with Crippen LogP contribution in [0, 0.1) is 5.92 Å². The number of carbonyl (C=O) groups excluding carboxylic acids is 4. The lowest BCUT2D eigenvalue weighted by atomic mass is 10.0. The van der Waals surface area contributed by atoms with Crippen molar-refractivity contribution in [3.8, 4) is 0 Å². The molecule has 2 unspecified atom stereocenters. The van der Waals surface area contributed by atoms with Gasteiger partial charge in [-0.05, 0) is 31.6 Å². The molecule has 0 spiro atoms. The van der Waals surface area contributed by atoms with E-state index in [1.807, 2.05) is 0 Å². The fraction of sp³-hybridized carbons (Fsp3) is 0.937. The van der Waals surface area contributed by atoms with Gasteiger partial charge in [-0.25, -0.2) is 9.13 Å². The number of hydrogen-bond donors (Lipinski definition) is 3. The Morgan fingerprint density at radius 1 is 0.329 bits per heavy atom. The van der Waals surface area contributed by atoms with Crippen LogP contribution in [-0.2, 0) is 65.4 Å². The Balaban J connectivity index is 5.17. The van der Waals surface area contributed by atoms with Gasteiger partial charge in [-0.2, -0.15) is 0 Å². The van der Waals surface area contributed by atoms with Gasteiger partial charge in [-0.3, -0.25) is 37.3 Å². The first kappa shape index (κ1) is 80.1. The van der Waals surface area contributed by atoms with Gasteiger partial charge in [0.15, 0.2) is 12.2 Å². The molecular weight excluding hydrogens is 1090 g/mol. The van der Waals surface area contributed by atoms with Crippen LogP contribution in [0.25, 0.3) is 0 Å². The maximum absolute atomic E-state index is 13.0. The van der Waals surface area contributed by atoms with E-state index in [0.717, 1.165) is 102 Å². The molecule has 0 aromatic carbocycles. The Bertz CT molecular complexity index is 1600. The summed E-state index contributed by atoms with van der Waals surface area (Å²) >= 11 is 0. The summed E-state index contributed by atoms with van der Waals surface area (Å²) in [6.45, 7) is 7.11. The molecule has 0 heterocycles. The van der Waals surface area contributed by atoms with Crippen molar-refractivity contribution in [1.82, 2.24) is 0 Å². The fourth-order valence-corrected chi connectivity index (χ4v) is 11.0. The number of carbonyl (C=O) groups is 4. The van der Waals surface area contributed by atoms with Gasteiger partial charge in [0, 0.05) is 25.7 Å². The summed E-state index contributed by atoms with van der Waals surface area (Å²) in [7, 11) is -9.87. The quantitative estimate of drug-likeness (QED) is 0.0222. The molecule has 0 radical (unpaired) electrons. The zero-order chi connectivity index (χ0) is 60.6. The zero-order valence-corrected chi connectivity index (χ0v) is 54.4. The number of esters is 4. The minimum Gasteiger partial charge on any atom is -0.462 e. The van der Waals surface area contributed by atoms with Crippen LogP contribution in [-0.4, -0.2) is 96.7 Å². The molecule has 0 amide bonds. The molecule has 0 bridgehead atoms. The van der Waals surface area contributed by atoms with Crippen LogP contribution < -0.4 is 0 Å². The molecule has 19 heteroatoms. The van der Waals surface area contributed by atoms with Gasteiger partial charge in [0.1, 0.15) is 19.3 Å². The van der Waals surface area contributed by atoms with Crippen LogP contribution in [0.2, 0.25) is 0 Å². The van der Waals surface area contributed by atoms with Crippen LogP contribution in [0.5, 0.6) is 0 Å². The third-order valence-electron chi connectivity index (χ3n) is 14.5. The number of rotatable bonds is 63. The maximum Gasteiger partial charge on any atom is 0.472 e. The molecule has 486 valence electrons. The molecule has 0 fully saturated rings. The predicted octanol–water partition coefficient (Wildman–Crippen LogP) is 17.4. The molecule has 0 saturated heterocycles. The minimum atomic E-state index is -4.94. The van der Waals surface area contributed by atoms with Crippen molar-refractivity contribution in [2.75, 3.05) is 39.6 Å². The normalized spacial score (nSPS) is 14.3. The van der Waals surface area contributed by atoms with Crippen molar-refractivity contribution in [3.05, 3.63) is 0 Å². The van der Waals surface area contributed by atoms with E-state index in [0.29, 0.717) is 25.7 Å². The third-order valence-corrected chi connectivity index (χ3v) is 16.4. The van der Waals surface area contributed by atoms with Crippen molar-refractivity contribution in [2.45, 2.75) is 335 Å². The molecule has 0 rings (SSSR count). The van der Waals surface area contributed by atoms with E-state index in [9.17, 15) is 43.2 Å². The second kappa shape index (κ2) is 56.8. The van der Waals surface area contributed by atoms with Crippen molar-refractivity contribution in [2.24, 2.45) is 5.92 Å². The minimum absolute atomic E-state index is 0.106. The Hall–Kier alpha value is -1.94. The monoisotopic (exact) mass is 1210 g/mol. The van der Waals surface area contributed by atoms with Gasteiger partial charge in [-0.1, -0.05) is 266 Å². The summed E-state index contributed by atoms with van der Waals surface area (Å²) in [5.74, 6) is -1.37. The van der Waals surface area contributed by atoms with Gasteiger partial charge in [0.25, 0.3) is 0 Å². The lowest BCUT2D eigenvalue weighted by Gasteiger charge is -2.21. The van der Waals surface area contributed by atoms with Gasteiger partial charge in [0.05, 0.1) is 26.4 Å². The lowest BCUT2D eigenvalue weighted by Crippen LogP contribution is -2.30. The number of hydrogen-bond acceptors (Lipinski definition) is 15. The predicted molar refractivity (Wildman–Crippen MR) is 326 cm³/mol. The molecule has 0 aliphatic heterocycles. The lowest BCUT2D eigenvalue weighted by molar-refractivity contribution is -0.161. The summed E-state index contributed by atoms with van der Waals surface area (Å²) in [6.07, 6.45) is 40.5. The SMILES string of the molecule is CCCCCCCCCCCCCC(=O)OC[C@H](COP(=O)(O)OC[C@@H](O)COP(=O)(O)OC[C@@H](COC(=O)CCCCCCC)OC(=O)CCCCCCCCCCCCC)OC(=O)CCCCCCCCCCCCCCC(C)C. The molecule has 0 aromatic rings. The molecule has 5 atom stereocenters. The third kappa shape index (κ3) is 57.2. The van der Waals surface area contributed by atoms with Gasteiger partial charge in [-0.15, -0.1) is 0 Å². The van der Waals surface area contributed by atoms with Crippen LogP contribution >= 0.6 is 15.6 Å². The van der Waals surface area contributed by atoms with E-state index in [1.54, 1.807) is 0 Å². The summed E-state index contributed by atoms with van der Waals surface area (Å²) in [4.78, 5) is 71.9. The largest absolute Gasteiger partial charge is 0.472 e.